The van der Waals surface area contributed by atoms with Gasteiger partial charge in [-0.2, -0.15) is 0 Å². The Bertz CT molecular complexity index is 1180. The predicted octanol–water partition coefficient (Wildman–Crippen LogP) is 5.51. The molecule has 2 aromatic carbocycles. The standard InChI is InChI=1S/C27H27NO4/c1-17-12-13-19(27(2,3)4)15-21(17)24(29)22-23(18-9-6-5-7-10-18)28(26(31)25(22)30)16-20-11-8-14-32-20/h5-15,23,29H,16H2,1-4H3/b24-22+. The van der Waals surface area contributed by atoms with Crippen molar-refractivity contribution in [1.29, 1.82) is 0 Å². The largest absolute Gasteiger partial charge is 0.507 e. The number of Topliss-reactive ketones (excluding diaryl/α,β-unsaturated/α-hetero) is 1. The van der Waals surface area contributed by atoms with E-state index in [9.17, 15) is 14.7 Å². The number of furan rings is 1. The Kier molecular flexibility index (Phi) is 5.51. The molecule has 1 saturated heterocycles. The Morgan fingerprint density at radius 2 is 1.75 bits per heavy atom. The minimum atomic E-state index is -0.709. The highest BCUT2D eigenvalue weighted by atomic mass is 16.3. The monoisotopic (exact) mass is 429 g/mol. The number of benzene rings is 2. The SMILES string of the molecule is Cc1ccc(C(C)(C)C)cc1/C(O)=C1\C(=O)C(=O)N(Cc2ccco2)C1c1ccccc1. The summed E-state index contributed by atoms with van der Waals surface area (Å²) in [4.78, 5) is 27.7. The second-order valence-electron chi connectivity index (χ2n) is 9.20. The fourth-order valence-corrected chi connectivity index (χ4v) is 4.08. The van der Waals surface area contributed by atoms with E-state index in [2.05, 4.69) is 20.8 Å². The third-order valence-electron chi connectivity index (χ3n) is 5.92. The summed E-state index contributed by atoms with van der Waals surface area (Å²) in [6, 6.07) is 18.0. The molecule has 1 N–H and O–H groups in total. The van der Waals surface area contributed by atoms with Gasteiger partial charge in [0.1, 0.15) is 11.5 Å². The van der Waals surface area contributed by atoms with Gasteiger partial charge in [0.25, 0.3) is 11.7 Å². The molecule has 0 bridgehead atoms. The van der Waals surface area contributed by atoms with Crippen LogP contribution in [0.5, 0.6) is 0 Å². The van der Waals surface area contributed by atoms with Crippen molar-refractivity contribution in [3.63, 3.8) is 0 Å². The molecule has 2 heterocycles. The lowest BCUT2D eigenvalue weighted by Gasteiger charge is -2.25. The normalized spacial score (nSPS) is 18.4. The molecule has 0 saturated carbocycles. The van der Waals surface area contributed by atoms with E-state index in [4.69, 9.17) is 4.42 Å². The number of ketones is 1. The minimum absolute atomic E-state index is 0.0990. The lowest BCUT2D eigenvalue weighted by molar-refractivity contribution is -0.140. The predicted molar refractivity (Wildman–Crippen MR) is 123 cm³/mol. The molecular formula is C27H27NO4. The number of carbonyl (C=O) groups is 2. The number of nitrogens with zero attached hydrogens (tertiary/aromatic N) is 1. The van der Waals surface area contributed by atoms with Crippen LogP contribution in [0, 0.1) is 6.92 Å². The number of aliphatic hydroxyl groups excluding tert-OH is 1. The van der Waals surface area contributed by atoms with Crippen molar-refractivity contribution >= 4 is 17.4 Å². The summed E-state index contributed by atoms with van der Waals surface area (Å²) in [6.07, 6.45) is 1.53. The number of hydrogen-bond donors (Lipinski definition) is 1. The van der Waals surface area contributed by atoms with E-state index in [0.29, 0.717) is 11.3 Å². The molecule has 1 fully saturated rings. The molecule has 1 aromatic heterocycles. The van der Waals surface area contributed by atoms with Crippen LogP contribution in [0.2, 0.25) is 0 Å². The zero-order valence-electron chi connectivity index (χ0n) is 18.8. The first-order valence-electron chi connectivity index (χ1n) is 10.7. The smallest absolute Gasteiger partial charge is 0.296 e. The Hall–Kier alpha value is -3.60. The van der Waals surface area contributed by atoms with Crippen molar-refractivity contribution in [2.45, 2.75) is 45.7 Å². The van der Waals surface area contributed by atoms with Crippen LogP contribution in [0.15, 0.2) is 76.9 Å². The van der Waals surface area contributed by atoms with Gasteiger partial charge in [-0.25, -0.2) is 0 Å². The molecule has 0 aliphatic carbocycles. The molecule has 0 radical (unpaired) electrons. The molecule has 1 atom stereocenters. The van der Waals surface area contributed by atoms with E-state index >= 15 is 0 Å². The van der Waals surface area contributed by atoms with Gasteiger partial charge in [0.15, 0.2) is 0 Å². The van der Waals surface area contributed by atoms with E-state index < -0.39 is 17.7 Å². The number of aryl methyl sites for hydroxylation is 1. The third-order valence-corrected chi connectivity index (χ3v) is 5.92. The fraction of sp³-hybridized carbons (Fsp3) is 0.259. The molecule has 0 spiro atoms. The summed E-state index contributed by atoms with van der Waals surface area (Å²) in [6.45, 7) is 8.29. The van der Waals surface area contributed by atoms with Crippen molar-refractivity contribution < 1.29 is 19.1 Å². The number of rotatable bonds is 4. The molecule has 5 nitrogen and oxygen atoms in total. The highest BCUT2D eigenvalue weighted by molar-refractivity contribution is 6.46. The summed E-state index contributed by atoms with van der Waals surface area (Å²) in [5, 5.41) is 11.4. The van der Waals surface area contributed by atoms with Crippen LogP contribution < -0.4 is 0 Å². The van der Waals surface area contributed by atoms with Gasteiger partial charge in [0, 0.05) is 5.56 Å². The average molecular weight is 430 g/mol. The van der Waals surface area contributed by atoms with Crippen LogP contribution in [-0.2, 0) is 21.5 Å². The maximum Gasteiger partial charge on any atom is 0.296 e. The summed E-state index contributed by atoms with van der Waals surface area (Å²) in [5.74, 6) is -0.925. The van der Waals surface area contributed by atoms with Gasteiger partial charge < -0.3 is 14.4 Å². The Labute approximate surface area is 188 Å². The van der Waals surface area contributed by atoms with Gasteiger partial charge in [0.05, 0.1) is 24.4 Å². The zero-order chi connectivity index (χ0) is 23.0. The van der Waals surface area contributed by atoms with Crippen LogP contribution in [-0.4, -0.2) is 21.7 Å². The Morgan fingerprint density at radius 1 is 1.03 bits per heavy atom. The highest BCUT2D eigenvalue weighted by Gasteiger charge is 2.46. The molecule has 5 heteroatoms. The van der Waals surface area contributed by atoms with Crippen LogP contribution in [0.3, 0.4) is 0 Å². The van der Waals surface area contributed by atoms with E-state index in [-0.39, 0.29) is 23.3 Å². The summed E-state index contributed by atoms with van der Waals surface area (Å²) in [7, 11) is 0. The van der Waals surface area contributed by atoms with Crippen LogP contribution >= 0.6 is 0 Å². The minimum Gasteiger partial charge on any atom is -0.507 e. The van der Waals surface area contributed by atoms with E-state index in [1.165, 1.54) is 11.2 Å². The van der Waals surface area contributed by atoms with Crippen molar-refractivity contribution in [3.05, 3.63) is 101 Å². The molecular weight excluding hydrogens is 402 g/mol. The summed E-state index contributed by atoms with van der Waals surface area (Å²) in [5.41, 5.74) is 3.15. The van der Waals surface area contributed by atoms with Crippen LogP contribution in [0.1, 0.15) is 54.8 Å². The van der Waals surface area contributed by atoms with Gasteiger partial charge in [-0.3, -0.25) is 9.59 Å². The Morgan fingerprint density at radius 3 is 2.38 bits per heavy atom. The second kappa shape index (κ2) is 8.15. The van der Waals surface area contributed by atoms with E-state index in [1.54, 1.807) is 12.1 Å². The number of carbonyl (C=O) groups excluding carboxylic acids is 2. The van der Waals surface area contributed by atoms with E-state index in [1.807, 2.05) is 55.5 Å². The number of likely N-dealkylation sites (tertiary alicyclic amines) is 1. The maximum atomic E-state index is 13.2. The molecule has 1 amide bonds. The number of amides is 1. The first-order chi connectivity index (χ1) is 15.2. The van der Waals surface area contributed by atoms with Crippen molar-refractivity contribution in [2.75, 3.05) is 0 Å². The van der Waals surface area contributed by atoms with Gasteiger partial charge in [-0.1, -0.05) is 63.2 Å². The third kappa shape index (κ3) is 3.86. The highest BCUT2D eigenvalue weighted by Crippen LogP contribution is 2.41. The molecule has 3 aromatic rings. The van der Waals surface area contributed by atoms with Gasteiger partial charge in [0.2, 0.25) is 0 Å². The van der Waals surface area contributed by atoms with Crippen molar-refractivity contribution in [3.8, 4) is 0 Å². The molecule has 32 heavy (non-hydrogen) atoms. The van der Waals surface area contributed by atoms with Gasteiger partial charge in [-0.15, -0.1) is 0 Å². The van der Waals surface area contributed by atoms with Gasteiger partial charge in [-0.05, 0) is 47.2 Å². The fourth-order valence-electron chi connectivity index (χ4n) is 4.08. The first kappa shape index (κ1) is 21.6. The average Bonchev–Trinajstić information content (AvgIpc) is 3.36. The molecule has 1 aliphatic heterocycles. The Balaban J connectivity index is 1.90. The molecule has 4 rings (SSSR count). The number of aliphatic hydroxyl groups is 1. The molecule has 1 aliphatic rings. The second-order valence-corrected chi connectivity index (χ2v) is 9.20. The lowest BCUT2D eigenvalue weighted by atomic mass is 9.84. The first-order valence-corrected chi connectivity index (χ1v) is 10.7. The lowest BCUT2D eigenvalue weighted by Crippen LogP contribution is -2.29. The molecule has 1 unspecified atom stereocenters. The van der Waals surface area contributed by atoms with Gasteiger partial charge >= 0.3 is 0 Å². The topological polar surface area (TPSA) is 70.8 Å². The van der Waals surface area contributed by atoms with Crippen molar-refractivity contribution in [1.82, 2.24) is 4.90 Å². The zero-order valence-corrected chi connectivity index (χ0v) is 18.8. The number of hydrogen-bond acceptors (Lipinski definition) is 4. The van der Waals surface area contributed by atoms with E-state index in [0.717, 1.165) is 16.7 Å². The van der Waals surface area contributed by atoms with Crippen LogP contribution in [0.4, 0.5) is 0 Å². The van der Waals surface area contributed by atoms with Crippen LogP contribution in [0.25, 0.3) is 5.76 Å². The molecule has 164 valence electrons. The summed E-state index contributed by atoms with van der Waals surface area (Å²) >= 11 is 0. The summed E-state index contributed by atoms with van der Waals surface area (Å²) < 4.78 is 5.43. The maximum absolute atomic E-state index is 13.2. The van der Waals surface area contributed by atoms with Crippen molar-refractivity contribution in [2.24, 2.45) is 0 Å². The quantitative estimate of drug-likeness (QED) is 0.337.